The summed E-state index contributed by atoms with van der Waals surface area (Å²) in [5, 5.41) is 14.3. The highest BCUT2D eigenvalue weighted by atomic mass is 16.5. The first kappa shape index (κ1) is 23.6. The molecule has 8 heteroatoms. The number of methoxy groups -OCH3 is 1. The molecule has 2 aromatic carbocycles. The van der Waals surface area contributed by atoms with Crippen molar-refractivity contribution in [3.63, 3.8) is 0 Å². The second kappa shape index (κ2) is 12.8. The molecule has 0 aliphatic carbocycles. The molecule has 0 bridgehead atoms. The topological polar surface area (TPSA) is 112 Å². The summed E-state index contributed by atoms with van der Waals surface area (Å²) >= 11 is 0. The Morgan fingerprint density at radius 1 is 1.03 bits per heavy atom. The normalized spacial score (nSPS) is 10.1. The van der Waals surface area contributed by atoms with Crippen molar-refractivity contribution in [2.45, 2.75) is 25.8 Å². The van der Waals surface area contributed by atoms with Crippen LogP contribution < -0.4 is 15.5 Å². The van der Waals surface area contributed by atoms with Gasteiger partial charge in [-0.3, -0.25) is 14.4 Å². The summed E-state index contributed by atoms with van der Waals surface area (Å²) in [5.41, 5.74) is 2.13. The molecular formula is C23H26N4O4. The molecule has 8 nitrogen and oxygen atoms in total. The molecule has 0 heterocycles. The SMILES string of the molecule is COCC(=O)Nc1cccc(CNC(=O)CCC(=O)N(CCC#N)c2ccccc2)c1. The Kier molecular flexibility index (Phi) is 9.72. The van der Waals surface area contributed by atoms with Crippen LogP contribution in [0, 0.1) is 11.3 Å². The van der Waals surface area contributed by atoms with E-state index in [2.05, 4.69) is 10.6 Å². The van der Waals surface area contributed by atoms with E-state index in [9.17, 15) is 14.4 Å². The average Bonchev–Trinajstić information content (AvgIpc) is 2.77. The Labute approximate surface area is 181 Å². The fraction of sp³-hybridized carbons (Fsp3) is 0.304. The van der Waals surface area contributed by atoms with Crippen LogP contribution in [0.4, 0.5) is 11.4 Å². The van der Waals surface area contributed by atoms with Crippen LogP contribution >= 0.6 is 0 Å². The number of anilines is 2. The molecular weight excluding hydrogens is 396 g/mol. The number of ether oxygens (including phenoxy) is 1. The first-order chi connectivity index (χ1) is 15.0. The predicted molar refractivity (Wildman–Crippen MR) is 117 cm³/mol. The van der Waals surface area contributed by atoms with E-state index < -0.39 is 0 Å². The summed E-state index contributed by atoms with van der Waals surface area (Å²) < 4.78 is 4.78. The lowest BCUT2D eigenvalue weighted by molar-refractivity contribution is -0.125. The van der Waals surface area contributed by atoms with Gasteiger partial charge in [0.1, 0.15) is 6.61 Å². The van der Waals surface area contributed by atoms with E-state index in [1.807, 2.05) is 30.3 Å². The fourth-order valence-electron chi connectivity index (χ4n) is 2.90. The lowest BCUT2D eigenvalue weighted by atomic mass is 10.2. The molecule has 0 saturated heterocycles. The lowest BCUT2D eigenvalue weighted by Crippen LogP contribution is -2.33. The van der Waals surface area contributed by atoms with Crippen LogP contribution in [0.5, 0.6) is 0 Å². The van der Waals surface area contributed by atoms with Gasteiger partial charge in [-0.1, -0.05) is 30.3 Å². The fourth-order valence-corrected chi connectivity index (χ4v) is 2.90. The average molecular weight is 422 g/mol. The molecule has 0 aliphatic heterocycles. The number of rotatable bonds is 11. The molecule has 0 atom stereocenters. The molecule has 2 rings (SSSR count). The molecule has 0 aromatic heterocycles. The first-order valence-corrected chi connectivity index (χ1v) is 9.90. The Balaban J connectivity index is 1.85. The largest absolute Gasteiger partial charge is 0.375 e. The van der Waals surface area contributed by atoms with Crippen molar-refractivity contribution in [1.82, 2.24) is 5.32 Å². The van der Waals surface area contributed by atoms with Gasteiger partial charge in [0.05, 0.1) is 12.5 Å². The molecule has 0 unspecified atom stereocenters. The van der Waals surface area contributed by atoms with Gasteiger partial charge < -0.3 is 20.3 Å². The number of nitriles is 1. The first-order valence-electron chi connectivity index (χ1n) is 9.90. The van der Waals surface area contributed by atoms with Crippen LogP contribution in [-0.4, -0.2) is 38.0 Å². The molecule has 0 saturated carbocycles. The minimum absolute atomic E-state index is 0.0383. The number of nitrogens with one attached hydrogen (secondary N) is 2. The summed E-state index contributed by atoms with van der Waals surface area (Å²) in [4.78, 5) is 38.0. The quantitative estimate of drug-likeness (QED) is 0.578. The third-order valence-electron chi connectivity index (χ3n) is 4.36. The highest BCUT2D eigenvalue weighted by molar-refractivity contribution is 5.95. The number of carbonyl (C=O) groups excluding carboxylic acids is 3. The summed E-state index contributed by atoms with van der Waals surface area (Å²) in [7, 11) is 1.44. The summed E-state index contributed by atoms with van der Waals surface area (Å²) in [6.45, 7) is 0.518. The minimum atomic E-state index is -0.262. The van der Waals surface area contributed by atoms with Gasteiger partial charge >= 0.3 is 0 Å². The highest BCUT2D eigenvalue weighted by Crippen LogP contribution is 2.16. The summed E-state index contributed by atoms with van der Waals surface area (Å²) in [5.74, 6) is -0.725. The van der Waals surface area contributed by atoms with Crippen LogP contribution in [0.25, 0.3) is 0 Å². The van der Waals surface area contributed by atoms with Crippen LogP contribution in [0.2, 0.25) is 0 Å². The predicted octanol–water partition coefficient (Wildman–Crippen LogP) is 2.61. The van der Waals surface area contributed by atoms with E-state index in [1.54, 1.807) is 30.3 Å². The number of nitrogens with zero attached hydrogens (tertiary/aromatic N) is 2. The zero-order valence-corrected chi connectivity index (χ0v) is 17.5. The van der Waals surface area contributed by atoms with Crippen molar-refractivity contribution < 1.29 is 19.1 Å². The van der Waals surface area contributed by atoms with Gasteiger partial charge in [-0.05, 0) is 29.8 Å². The molecule has 0 fully saturated rings. The lowest BCUT2D eigenvalue weighted by Gasteiger charge is -2.21. The zero-order chi connectivity index (χ0) is 22.5. The molecule has 0 radical (unpaired) electrons. The van der Waals surface area contributed by atoms with Crippen molar-refractivity contribution in [2.24, 2.45) is 0 Å². The second-order valence-electron chi connectivity index (χ2n) is 6.75. The molecule has 2 aromatic rings. The molecule has 31 heavy (non-hydrogen) atoms. The van der Waals surface area contributed by atoms with Crippen molar-refractivity contribution in [1.29, 1.82) is 5.26 Å². The zero-order valence-electron chi connectivity index (χ0n) is 17.5. The molecule has 162 valence electrons. The minimum Gasteiger partial charge on any atom is -0.375 e. The molecule has 0 aliphatic rings. The van der Waals surface area contributed by atoms with Gasteiger partial charge in [0.25, 0.3) is 0 Å². The number of amides is 3. The van der Waals surface area contributed by atoms with Gasteiger partial charge in [-0.25, -0.2) is 0 Å². The smallest absolute Gasteiger partial charge is 0.250 e. The Hall–Kier alpha value is -3.70. The van der Waals surface area contributed by atoms with Gasteiger partial charge in [-0.15, -0.1) is 0 Å². The van der Waals surface area contributed by atoms with Gasteiger partial charge in [0.2, 0.25) is 17.7 Å². The van der Waals surface area contributed by atoms with Gasteiger partial charge in [0, 0.05) is 44.4 Å². The Morgan fingerprint density at radius 2 is 1.81 bits per heavy atom. The van der Waals surface area contributed by atoms with E-state index >= 15 is 0 Å². The van der Waals surface area contributed by atoms with Crippen LogP contribution in [-0.2, 0) is 25.7 Å². The number of hydrogen-bond donors (Lipinski definition) is 2. The molecule has 2 N–H and O–H groups in total. The van der Waals surface area contributed by atoms with E-state index in [-0.39, 0.29) is 56.7 Å². The second-order valence-corrected chi connectivity index (χ2v) is 6.75. The number of para-hydroxylation sites is 1. The van der Waals surface area contributed by atoms with E-state index in [0.29, 0.717) is 11.4 Å². The van der Waals surface area contributed by atoms with Crippen molar-refractivity contribution in [2.75, 3.05) is 30.5 Å². The van der Waals surface area contributed by atoms with E-state index in [1.165, 1.54) is 12.0 Å². The molecule has 0 spiro atoms. The van der Waals surface area contributed by atoms with E-state index in [4.69, 9.17) is 10.00 Å². The van der Waals surface area contributed by atoms with Gasteiger partial charge in [0.15, 0.2) is 0 Å². The maximum atomic E-state index is 12.6. The third-order valence-corrected chi connectivity index (χ3v) is 4.36. The maximum Gasteiger partial charge on any atom is 0.250 e. The number of hydrogen-bond acceptors (Lipinski definition) is 5. The van der Waals surface area contributed by atoms with Crippen molar-refractivity contribution in [3.05, 3.63) is 60.2 Å². The molecule has 3 amide bonds. The van der Waals surface area contributed by atoms with Gasteiger partial charge in [-0.2, -0.15) is 5.26 Å². The summed E-state index contributed by atoms with van der Waals surface area (Å²) in [6, 6.07) is 18.2. The van der Waals surface area contributed by atoms with Crippen molar-refractivity contribution in [3.8, 4) is 6.07 Å². The standard InChI is InChI=1S/C23H26N4O4/c1-31-17-22(29)26-19-8-5-7-18(15-19)16-25-21(28)11-12-23(30)27(14-6-13-24)20-9-3-2-4-10-20/h2-5,7-10,15H,6,11-12,14,16-17H2,1H3,(H,25,28)(H,26,29). The van der Waals surface area contributed by atoms with Crippen LogP contribution in [0.1, 0.15) is 24.8 Å². The summed E-state index contributed by atoms with van der Waals surface area (Å²) in [6.07, 6.45) is 0.294. The van der Waals surface area contributed by atoms with Crippen LogP contribution in [0.15, 0.2) is 54.6 Å². The number of benzene rings is 2. The third kappa shape index (κ3) is 8.28. The Morgan fingerprint density at radius 3 is 2.52 bits per heavy atom. The number of carbonyl (C=O) groups is 3. The Bertz CT molecular complexity index is 925. The van der Waals surface area contributed by atoms with E-state index in [0.717, 1.165) is 5.56 Å². The van der Waals surface area contributed by atoms with Crippen molar-refractivity contribution >= 4 is 29.1 Å². The maximum absolute atomic E-state index is 12.6. The monoisotopic (exact) mass is 422 g/mol. The highest BCUT2D eigenvalue weighted by Gasteiger charge is 2.16. The van der Waals surface area contributed by atoms with Crippen LogP contribution in [0.3, 0.4) is 0 Å².